The fraction of sp³-hybridized carbons (Fsp3) is 0.545. The van der Waals surface area contributed by atoms with E-state index in [1.807, 2.05) is 25.3 Å². The maximum atomic E-state index is 15.5. The number of aromatic amines is 1. The van der Waals surface area contributed by atoms with Gasteiger partial charge in [0.2, 0.25) is 5.91 Å². The average Bonchev–Trinajstić information content (AvgIpc) is 3.40. The Morgan fingerprint density at radius 2 is 2.05 bits per heavy atom. The van der Waals surface area contributed by atoms with E-state index in [-0.39, 0.29) is 35.8 Å². The zero-order valence-corrected chi connectivity index (χ0v) is 23.0. The number of halogens is 2. The second kappa shape index (κ2) is 9.94. The monoisotopic (exact) mass is 534 g/mol. The Bertz CT molecular complexity index is 1380. The number of hydrogen-bond donors (Lipinski definition) is 3. The first-order chi connectivity index (χ1) is 18.7. The van der Waals surface area contributed by atoms with Crippen molar-refractivity contribution in [2.75, 3.05) is 6.54 Å². The number of fused-ring (bicyclic) bond motifs is 6. The van der Waals surface area contributed by atoms with Crippen LogP contribution in [0.25, 0.3) is 10.9 Å². The number of para-hydroxylation sites is 1. The number of aromatic nitrogens is 1. The summed E-state index contributed by atoms with van der Waals surface area (Å²) in [5.74, 6) is -1.92. The summed E-state index contributed by atoms with van der Waals surface area (Å²) >= 11 is 0. The highest BCUT2D eigenvalue weighted by atomic mass is 19.3. The van der Waals surface area contributed by atoms with Crippen LogP contribution in [-0.4, -0.2) is 28.5 Å². The second-order valence-electron chi connectivity index (χ2n) is 12.6. The maximum absolute atomic E-state index is 15.5. The summed E-state index contributed by atoms with van der Waals surface area (Å²) in [6.07, 6.45) is 7.50. The number of H-pyrrole nitrogens is 1. The van der Waals surface area contributed by atoms with Crippen molar-refractivity contribution in [3.05, 3.63) is 64.8 Å². The molecule has 3 aromatic rings. The van der Waals surface area contributed by atoms with E-state index in [0.29, 0.717) is 38.1 Å². The highest BCUT2D eigenvalue weighted by molar-refractivity contribution is 5.86. The van der Waals surface area contributed by atoms with Crippen LogP contribution in [0.5, 0.6) is 5.75 Å². The molecular weight excluding hydrogens is 494 g/mol. The van der Waals surface area contributed by atoms with Gasteiger partial charge in [0, 0.05) is 41.9 Å². The number of alkyl halides is 2. The van der Waals surface area contributed by atoms with Gasteiger partial charge in [0.25, 0.3) is 5.92 Å². The van der Waals surface area contributed by atoms with E-state index < -0.39 is 11.3 Å². The second-order valence-corrected chi connectivity index (χ2v) is 12.6. The van der Waals surface area contributed by atoms with Gasteiger partial charge in [-0.05, 0) is 110 Å². The van der Waals surface area contributed by atoms with Gasteiger partial charge in [-0.15, -0.1) is 0 Å². The Labute approximate surface area is 229 Å². The van der Waals surface area contributed by atoms with Crippen molar-refractivity contribution in [3.8, 4) is 5.75 Å². The minimum absolute atomic E-state index is 0.00598. The van der Waals surface area contributed by atoms with Crippen LogP contribution in [0, 0.1) is 30.1 Å². The molecule has 0 saturated heterocycles. The van der Waals surface area contributed by atoms with Gasteiger partial charge in [0.1, 0.15) is 5.75 Å². The quantitative estimate of drug-likeness (QED) is 0.295. The molecule has 1 aromatic heterocycles. The molecule has 0 aliphatic heterocycles. The molecule has 39 heavy (non-hydrogen) atoms. The van der Waals surface area contributed by atoms with Crippen LogP contribution >= 0.6 is 0 Å². The lowest BCUT2D eigenvalue weighted by Gasteiger charge is -2.51. The van der Waals surface area contributed by atoms with E-state index in [9.17, 15) is 9.90 Å². The molecule has 0 bridgehead atoms. The Balaban J connectivity index is 1.07. The number of phenols is 1. The Hall–Kier alpha value is -2.89. The van der Waals surface area contributed by atoms with Crippen molar-refractivity contribution < 1.29 is 18.7 Å². The summed E-state index contributed by atoms with van der Waals surface area (Å²) < 4.78 is 31.1. The summed E-state index contributed by atoms with van der Waals surface area (Å²) in [7, 11) is 0. The molecule has 3 unspecified atom stereocenters. The van der Waals surface area contributed by atoms with Crippen LogP contribution in [0.1, 0.15) is 80.0 Å². The first-order valence-corrected chi connectivity index (χ1v) is 14.7. The van der Waals surface area contributed by atoms with Crippen molar-refractivity contribution in [3.63, 3.8) is 0 Å². The standard InChI is InChI=1S/C33H40F2N2O2/c1-20-5-3-7-26-23(19-37-31(20)26)14-16-36-29(39)8-4-6-22-18-33(34,35)32(2)15-13-27-25-12-10-24(38)17-21(25)9-11-28(27)30(22)32/h3,5,7,10,12,17,19,22,27-28,30,37-38H,4,6,8-9,11,13-16,18H2,1-2H3,(H,36,39)/t22-,27?,28?,30?,32-/m0/s1. The molecule has 0 radical (unpaired) electrons. The van der Waals surface area contributed by atoms with Crippen molar-refractivity contribution >= 4 is 16.8 Å². The highest BCUT2D eigenvalue weighted by Gasteiger charge is 2.67. The van der Waals surface area contributed by atoms with E-state index >= 15 is 8.78 Å². The molecular formula is C33H40F2N2O2. The predicted molar refractivity (Wildman–Crippen MR) is 150 cm³/mol. The van der Waals surface area contributed by atoms with Crippen molar-refractivity contribution in [2.24, 2.45) is 23.2 Å². The fourth-order valence-corrected chi connectivity index (χ4v) is 8.61. The maximum Gasteiger partial charge on any atom is 0.253 e. The Kier molecular flexibility index (Phi) is 6.71. The minimum Gasteiger partial charge on any atom is -0.508 e. The molecule has 1 amide bonds. The largest absolute Gasteiger partial charge is 0.508 e. The number of phenolic OH excluding ortho intramolecular Hbond substituents is 1. The van der Waals surface area contributed by atoms with Crippen LogP contribution < -0.4 is 5.32 Å². The summed E-state index contributed by atoms with van der Waals surface area (Å²) in [5.41, 5.74) is 5.01. The molecule has 0 spiro atoms. The average molecular weight is 535 g/mol. The lowest BCUT2D eigenvalue weighted by molar-refractivity contribution is -0.133. The van der Waals surface area contributed by atoms with Gasteiger partial charge in [-0.25, -0.2) is 8.78 Å². The molecule has 2 saturated carbocycles. The number of aromatic hydroxyl groups is 1. The molecule has 4 nitrogen and oxygen atoms in total. The van der Waals surface area contributed by atoms with Gasteiger partial charge in [0.05, 0.1) is 0 Å². The fourth-order valence-electron chi connectivity index (χ4n) is 8.61. The lowest BCUT2D eigenvalue weighted by Crippen LogP contribution is -2.47. The molecule has 2 fully saturated rings. The first kappa shape index (κ1) is 26.3. The van der Waals surface area contributed by atoms with Crippen LogP contribution in [0.4, 0.5) is 8.78 Å². The molecule has 3 N–H and O–H groups in total. The van der Waals surface area contributed by atoms with Crippen molar-refractivity contribution in [1.82, 2.24) is 10.3 Å². The molecule has 3 aliphatic carbocycles. The predicted octanol–water partition coefficient (Wildman–Crippen LogP) is 7.43. The van der Waals surface area contributed by atoms with Gasteiger partial charge in [-0.3, -0.25) is 4.79 Å². The number of aryl methyl sites for hydroxylation is 2. The number of rotatable bonds is 7. The van der Waals surface area contributed by atoms with Gasteiger partial charge in [-0.2, -0.15) is 0 Å². The number of carbonyl (C=O) groups is 1. The van der Waals surface area contributed by atoms with Gasteiger partial charge >= 0.3 is 0 Å². The summed E-state index contributed by atoms with van der Waals surface area (Å²) in [6.45, 7) is 4.49. The molecule has 6 heteroatoms. The molecule has 6 rings (SSSR count). The molecule has 208 valence electrons. The van der Waals surface area contributed by atoms with E-state index in [4.69, 9.17) is 0 Å². The summed E-state index contributed by atoms with van der Waals surface area (Å²) in [4.78, 5) is 16.0. The van der Waals surface area contributed by atoms with E-state index in [1.165, 1.54) is 27.6 Å². The lowest BCUT2D eigenvalue weighted by atomic mass is 9.53. The van der Waals surface area contributed by atoms with Crippen molar-refractivity contribution in [2.45, 2.75) is 83.5 Å². The number of nitrogens with one attached hydrogen (secondary N) is 2. The first-order valence-electron chi connectivity index (χ1n) is 14.7. The smallest absolute Gasteiger partial charge is 0.253 e. The van der Waals surface area contributed by atoms with Crippen LogP contribution in [0.3, 0.4) is 0 Å². The van der Waals surface area contributed by atoms with E-state index in [0.717, 1.165) is 31.2 Å². The van der Waals surface area contributed by atoms with Crippen LogP contribution in [0.2, 0.25) is 0 Å². The molecule has 2 aromatic carbocycles. The molecule has 1 heterocycles. The SMILES string of the molecule is Cc1cccc2c(CCNC(=O)CCC[C@H]3CC(F)(F)[C@@]4(C)CCC5c6ccc(O)cc6CCC5C34)c[nH]c12. The third kappa shape index (κ3) is 4.54. The summed E-state index contributed by atoms with van der Waals surface area (Å²) in [5, 5.41) is 14.2. The molecule has 3 aliphatic rings. The zero-order valence-electron chi connectivity index (χ0n) is 23.0. The van der Waals surface area contributed by atoms with Crippen LogP contribution in [0.15, 0.2) is 42.6 Å². The normalized spacial score (nSPS) is 29.0. The number of hydrogen-bond acceptors (Lipinski definition) is 2. The van der Waals surface area contributed by atoms with Gasteiger partial charge in [-0.1, -0.05) is 31.2 Å². The van der Waals surface area contributed by atoms with Gasteiger partial charge in [0.15, 0.2) is 0 Å². The van der Waals surface area contributed by atoms with E-state index in [2.05, 4.69) is 35.4 Å². The zero-order chi connectivity index (χ0) is 27.4. The third-order valence-corrected chi connectivity index (χ3v) is 10.5. The number of amides is 1. The van der Waals surface area contributed by atoms with Crippen LogP contribution in [-0.2, 0) is 17.6 Å². The topological polar surface area (TPSA) is 65.1 Å². The number of benzene rings is 2. The molecule has 5 atom stereocenters. The highest BCUT2D eigenvalue weighted by Crippen LogP contribution is 2.68. The Morgan fingerprint density at radius 3 is 2.90 bits per heavy atom. The Morgan fingerprint density at radius 1 is 1.21 bits per heavy atom. The third-order valence-electron chi connectivity index (χ3n) is 10.5. The minimum atomic E-state index is -2.66. The number of carbonyl (C=O) groups excluding carboxylic acids is 1. The van der Waals surface area contributed by atoms with E-state index in [1.54, 1.807) is 6.07 Å². The van der Waals surface area contributed by atoms with Gasteiger partial charge < -0.3 is 15.4 Å². The van der Waals surface area contributed by atoms with Crippen molar-refractivity contribution in [1.29, 1.82) is 0 Å². The summed E-state index contributed by atoms with van der Waals surface area (Å²) in [6, 6.07) is 11.9.